The van der Waals surface area contributed by atoms with Gasteiger partial charge in [0.2, 0.25) is 0 Å². The Labute approximate surface area is 176 Å². The Balaban J connectivity index is 1.75. The molecule has 2 fully saturated rings. The molecule has 2 saturated heterocycles. The van der Waals surface area contributed by atoms with Gasteiger partial charge in [-0.05, 0) is 37.0 Å². The Bertz CT molecular complexity index is 845. The summed E-state index contributed by atoms with van der Waals surface area (Å²) >= 11 is 0. The molecule has 1 N–H and O–H groups in total. The molecule has 2 aromatic carbocycles. The van der Waals surface area contributed by atoms with E-state index in [2.05, 4.69) is 17.4 Å². The topological polar surface area (TPSA) is 73.9 Å². The summed E-state index contributed by atoms with van der Waals surface area (Å²) in [5.41, 5.74) is 1.20. The summed E-state index contributed by atoms with van der Waals surface area (Å²) in [6, 6.07) is 19.7. The van der Waals surface area contributed by atoms with Crippen LogP contribution in [0.4, 0.5) is 5.69 Å². The predicted molar refractivity (Wildman–Crippen MR) is 112 cm³/mol. The van der Waals surface area contributed by atoms with E-state index in [1.54, 1.807) is 0 Å². The van der Waals surface area contributed by atoms with Gasteiger partial charge in [0.05, 0.1) is 32.3 Å². The molecule has 6 heteroatoms. The Morgan fingerprint density at radius 3 is 2.30 bits per heavy atom. The van der Waals surface area contributed by atoms with Crippen LogP contribution in [0.1, 0.15) is 18.4 Å². The van der Waals surface area contributed by atoms with Crippen molar-refractivity contribution in [1.29, 1.82) is 0 Å². The van der Waals surface area contributed by atoms with E-state index in [1.165, 1.54) is 14.2 Å². The van der Waals surface area contributed by atoms with Gasteiger partial charge in [-0.3, -0.25) is 9.59 Å². The number of rotatable bonds is 7. The maximum atomic E-state index is 12.9. The zero-order valence-electron chi connectivity index (χ0n) is 17.2. The second kappa shape index (κ2) is 8.48. The van der Waals surface area contributed by atoms with E-state index in [0.29, 0.717) is 19.3 Å². The quantitative estimate of drug-likeness (QED) is 0.708. The molecule has 6 nitrogen and oxygen atoms in total. The minimum atomic E-state index is -0.859. The summed E-state index contributed by atoms with van der Waals surface area (Å²) in [5.74, 6) is -2.23. The monoisotopic (exact) mass is 409 g/mol. The average molecular weight is 409 g/mol. The number of hydrogen-bond donors (Lipinski definition) is 1. The van der Waals surface area contributed by atoms with Crippen LogP contribution in [0.2, 0.25) is 0 Å². The molecule has 0 saturated carbocycles. The lowest BCUT2D eigenvalue weighted by molar-refractivity contribution is -0.160. The fraction of sp³-hybridized carbons (Fsp3) is 0.417. The second-order valence-corrected chi connectivity index (χ2v) is 7.95. The molecule has 2 aliphatic rings. The molecule has 4 rings (SSSR count). The molecule has 0 amide bonds. The van der Waals surface area contributed by atoms with Gasteiger partial charge < -0.3 is 19.5 Å². The SMILES string of the molecule is COC(=O)[C@@H]1C2CCC([C@@H](Cc3ccccc3)Nc3ccccc3)(O2)[C@@H]1C(=O)OC. The van der Waals surface area contributed by atoms with Crippen LogP contribution in [0.25, 0.3) is 0 Å². The molecule has 2 aliphatic heterocycles. The smallest absolute Gasteiger partial charge is 0.312 e. The van der Waals surface area contributed by atoms with Crippen LogP contribution in [-0.4, -0.2) is 43.9 Å². The summed E-state index contributed by atoms with van der Waals surface area (Å²) < 4.78 is 16.6. The number of hydrogen-bond acceptors (Lipinski definition) is 6. The van der Waals surface area contributed by atoms with Crippen molar-refractivity contribution in [2.24, 2.45) is 11.8 Å². The van der Waals surface area contributed by atoms with Crippen molar-refractivity contribution in [3.63, 3.8) is 0 Å². The molecule has 5 atom stereocenters. The fourth-order valence-electron chi connectivity index (χ4n) is 5.07. The van der Waals surface area contributed by atoms with Gasteiger partial charge in [-0.25, -0.2) is 0 Å². The lowest BCUT2D eigenvalue weighted by atomic mass is 9.67. The number of nitrogens with one attached hydrogen (secondary N) is 1. The second-order valence-electron chi connectivity index (χ2n) is 7.95. The number of anilines is 1. The average Bonchev–Trinajstić information content (AvgIpc) is 3.37. The van der Waals surface area contributed by atoms with Gasteiger partial charge in [-0.15, -0.1) is 0 Å². The molecule has 0 aliphatic carbocycles. The van der Waals surface area contributed by atoms with E-state index >= 15 is 0 Å². The fourth-order valence-corrected chi connectivity index (χ4v) is 5.07. The number of carbonyl (C=O) groups is 2. The Hall–Kier alpha value is -2.86. The van der Waals surface area contributed by atoms with Crippen LogP contribution in [-0.2, 0) is 30.2 Å². The van der Waals surface area contributed by atoms with Crippen molar-refractivity contribution < 1.29 is 23.8 Å². The highest BCUT2D eigenvalue weighted by molar-refractivity contribution is 5.85. The number of esters is 2. The summed E-state index contributed by atoms with van der Waals surface area (Å²) in [7, 11) is 2.70. The van der Waals surface area contributed by atoms with E-state index in [1.807, 2.05) is 48.5 Å². The summed E-state index contributed by atoms with van der Waals surface area (Å²) in [4.78, 5) is 25.5. The van der Waals surface area contributed by atoms with Crippen LogP contribution in [0, 0.1) is 11.8 Å². The van der Waals surface area contributed by atoms with E-state index in [9.17, 15) is 9.59 Å². The lowest BCUT2D eigenvalue weighted by Gasteiger charge is -2.40. The molecular formula is C24H27NO5. The standard InChI is InChI=1S/C24H27NO5/c1-28-22(26)20-18-13-14-24(30-18,21(20)23(27)29-2)19(15-16-9-5-3-6-10-16)25-17-11-7-4-8-12-17/h3-12,18-21,25H,13-15H2,1-2H3/t18?,19-,20-,21+,24?/m1/s1. The van der Waals surface area contributed by atoms with E-state index in [-0.39, 0.29) is 12.1 Å². The summed E-state index contributed by atoms with van der Waals surface area (Å²) in [5, 5.41) is 3.59. The molecule has 2 unspecified atom stereocenters. The first kappa shape index (κ1) is 20.4. The minimum Gasteiger partial charge on any atom is -0.469 e. The number of methoxy groups -OCH3 is 2. The predicted octanol–water partition coefficient (Wildman–Crippen LogP) is 3.22. The highest BCUT2D eigenvalue weighted by atomic mass is 16.6. The molecule has 0 spiro atoms. The molecule has 0 aromatic heterocycles. The number of benzene rings is 2. The van der Waals surface area contributed by atoms with Crippen molar-refractivity contribution in [3.05, 3.63) is 66.2 Å². The highest BCUT2D eigenvalue weighted by Gasteiger charge is 2.68. The first-order chi connectivity index (χ1) is 14.6. The lowest BCUT2D eigenvalue weighted by Crippen LogP contribution is -2.56. The van der Waals surface area contributed by atoms with Crippen LogP contribution in [0.3, 0.4) is 0 Å². The van der Waals surface area contributed by atoms with Gasteiger partial charge in [0.25, 0.3) is 0 Å². The Kier molecular flexibility index (Phi) is 5.77. The molecular weight excluding hydrogens is 382 g/mol. The zero-order chi connectivity index (χ0) is 21.1. The van der Waals surface area contributed by atoms with E-state index in [0.717, 1.165) is 11.3 Å². The maximum absolute atomic E-state index is 12.9. The largest absolute Gasteiger partial charge is 0.469 e. The highest BCUT2D eigenvalue weighted by Crippen LogP contribution is 2.54. The zero-order valence-corrected chi connectivity index (χ0v) is 17.2. The van der Waals surface area contributed by atoms with Crippen molar-refractivity contribution in [2.45, 2.75) is 37.0 Å². The summed E-state index contributed by atoms with van der Waals surface area (Å²) in [6.45, 7) is 0. The third kappa shape index (κ3) is 3.56. The first-order valence-electron chi connectivity index (χ1n) is 10.3. The number of fused-ring (bicyclic) bond motifs is 2. The molecule has 2 aromatic rings. The van der Waals surface area contributed by atoms with Crippen molar-refractivity contribution in [2.75, 3.05) is 19.5 Å². The Morgan fingerprint density at radius 1 is 1.03 bits per heavy atom. The number of ether oxygens (including phenoxy) is 3. The third-order valence-corrected chi connectivity index (χ3v) is 6.39. The normalized spacial score (nSPS) is 28.0. The van der Waals surface area contributed by atoms with E-state index in [4.69, 9.17) is 14.2 Å². The molecule has 0 radical (unpaired) electrons. The molecule has 30 heavy (non-hydrogen) atoms. The Morgan fingerprint density at radius 2 is 1.67 bits per heavy atom. The van der Waals surface area contributed by atoms with Crippen molar-refractivity contribution in [3.8, 4) is 0 Å². The van der Waals surface area contributed by atoms with Gasteiger partial charge >= 0.3 is 11.9 Å². The maximum Gasteiger partial charge on any atom is 0.312 e. The van der Waals surface area contributed by atoms with Crippen LogP contribution in [0.15, 0.2) is 60.7 Å². The first-order valence-corrected chi connectivity index (χ1v) is 10.3. The molecule has 2 bridgehead atoms. The van der Waals surface area contributed by atoms with Crippen LogP contribution >= 0.6 is 0 Å². The molecule has 158 valence electrons. The van der Waals surface area contributed by atoms with Gasteiger partial charge in [0, 0.05) is 5.69 Å². The number of para-hydroxylation sites is 1. The minimum absolute atomic E-state index is 0.231. The van der Waals surface area contributed by atoms with Gasteiger partial charge in [-0.2, -0.15) is 0 Å². The van der Waals surface area contributed by atoms with Crippen molar-refractivity contribution >= 4 is 17.6 Å². The summed E-state index contributed by atoms with van der Waals surface area (Å²) in [6.07, 6.45) is 1.67. The van der Waals surface area contributed by atoms with Crippen LogP contribution in [0.5, 0.6) is 0 Å². The third-order valence-electron chi connectivity index (χ3n) is 6.39. The molecule has 2 heterocycles. The number of carbonyl (C=O) groups excluding carboxylic acids is 2. The van der Waals surface area contributed by atoms with Crippen LogP contribution < -0.4 is 5.32 Å². The van der Waals surface area contributed by atoms with Gasteiger partial charge in [-0.1, -0.05) is 48.5 Å². The van der Waals surface area contributed by atoms with Gasteiger partial charge in [0.1, 0.15) is 11.5 Å². The van der Waals surface area contributed by atoms with Crippen molar-refractivity contribution in [1.82, 2.24) is 0 Å². The van der Waals surface area contributed by atoms with Gasteiger partial charge in [0.15, 0.2) is 0 Å². The van der Waals surface area contributed by atoms with E-state index < -0.39 is 29.4 Å².